The molecule has 1 rings (SSSR count). The zero-order valence-electron chi connectivity index (χ0n) is 6.14. The van der Waals surface area contributed by atoms with Crippen molar-refractivity contribution in [1.29, 1.82) is 0 Å². The van der Waals surface area contributed by atoms with E-state index in [0.717, 1.165) is 0 Å². The molecule has 0 aromatic rings. The number of rotatable bonds is 1. The maximum absolute atomic E-state index is 9.20. The van der Waals surface area contributed by atoms with Crippen LogP contribution in [-0.4, -0.2) is 39.2 Å². The molecule has 0 saturated heterocycles. The normalized spacial score (nSPS) is 40.9. The van der Waals surface area contributed by atoms with Crippen molar-refractivity contribution >= 4 is 0 Å². The Labute approximate surface area is 65.1 Å². The van der Waals surface area contributed by atoms with Crippen molar-refractivity contribution in [3.8, 4) is 0 Å². The van der Waals surface area contributed by atoms with E-state index in [1.807, 2.05) is 0 Å². The molecular weight excluding hydrogens is 148 g/mol. The largest absolute Gasteiger partial charge is 0.396 e. The minimum absolute atomic E-state index is 0.155. The van der Waals surface area contributed by atoms with Crippen LogP contribution in [0.1, 0.15) is 12.8 Å². The van der Waals surface area contributed by atoms with Crippen molar-refractivity contribution in [2.45, 2.75) is 25.0 Å². The summed E-state index contributed by atoms with van der Waals surface area (Å²) in [4.78, 5) is 0. The molecule has 1 aliphatic carbocycles. The van der Waals surface area contributed by atoms with Crippen molar-refractivity contribution in [2.75, 3.05) is 6.61 Å². The summed E-state index contributed by atoms with van der Waals surface area (Å²) in [7, 11) is 0. The predicted octanol–water partition coefficient (Wildman–Crippen LogP) is -0.985. The molecule has 0 heterocycles. The van der Waals surface area contributed by atoms with E-state index in [2.05, 4.69) is 0 Å². The summed E-state index contributed by atoms with van der Waals surface area (Å²) >= 11 is 0. The molecule has 1 radical (unpaired) electrons. The molecule has 0 aliphatic heterocycles. The Balaban J connectivity index is 2.52. The zero-order valence-corrected chi connectivity index (χ0v) is 6.14. The van der Waals surface area contributed by atoms with Gasteiger partial charge in [0.2, 0.25) is 0 Å². The monoisotopic (exact) mass is 161 g/mol. The average Bonchev–Trinajstić information content (AvgIpc) is 2.01. The highest BCUT2D eigenvalue weighted by Crippen LogP contribution is 2.28. The lowest BCUT2D eigenvalue weighted by Crippen LogP contribution is -2.41. The highest BCUT2D eigenvalue weighted by atomic mass is 16.4. The Hall–Kier alpha value is -0.160. The van der Waals surface area contributed by atoms with Crippen molar-refractivity contribution in [2.24, 2.45) is 5.92 Å². The molecule has 0 spiro atoms. The first-order valence-corrected chi connectivity index (χ1v) is 3.69. The second-order valence-corrected chi connectivity index (χ2v) is 2.91. The Morgan fingerprint density at radius 3 is 2.45 bits per heavy atom. The number of aliphatic hydroxyl groups is 4. The van der Waals surface area contributed by atoms with Crippen LogP contribution in [0.4, 0.5) is 0 Å². The first kappa shape index (κ1) is 8.93. The van der Waals surface area contributed by atoms with Gasteiger partial charge in [-0.25, -0.2) is 0 Å². The van der Waals surface area contributed by atoms with Gasteiger partial charge in [-0.15, -0.1) is 0 Å². The molecule has 4 nitrogen and oxygen atoms in total. The second-order valence-electron chi connectivity index (χ2n) is 2.91. The van der Waals surface area contributed by atoms with Crippen molar-refractivity contribution in [3.05, 3.63) is 6.10 Å². The fourth-order valence-electron chi connectivity index (χ4n) is 1.31. The highest BCUT2D eigenvalue weighted by Gasteiger charge is 2.36. The predicted molar refractivity (Wildman–Crippen MR) is 37.0 cm³/mol. The van der Waals surface area contributed by atoms with Gasteiger partial charge in [-0.3, -0.25) is 0 Å². The fraction of sp³-hybridized carbons (Fsp3) is 0.857. The summed E-state index contributed by atoms with van der Waals surface area (Å²) in [5.41, 5.74) is 0. The molecule has 65 valence electrons. The van der Waals surface area contributed by atoms with E-state index in [1.165, 1.54) is 0 Å². The minimum Gasteiger partial charge on any atom is -0.396 e. The molecule has 0 aromatic heterocycles. The summed E-state index contributed by atoms with van der Waals surface area (Å²) in [6.45, 7) is -0.155. The maximum atomic E-state index is 9.20. The fourth-order valence-corrected chi connectivity index (χ4v) is 1.31. The van der Waals surface area contributed by atoms with Crippen molar-refractivity contribution < 1.29 is 20.4 Å². The van der Waals surface area contributed by atoms with Gasteiger partial charge in [0.1, 0.15) is 0 Å². The molecule has 3 atom stereocenters. The van der Waals surface area contributed by atoms with E-state index in [-0.39, 0.29) is 18.6 Å². The number of hydrogen-bond donors (Lipinski definition) is 4. The summed E-state index contributed by atoms with van der Waals surface area (Å²) in [6, 6.07) is 0. The van der Waals surface area contributed by atoms with E-state index < -0.39 is 12.2 Å². The zero-order chi connectivity index (χ0) is 8.43. The van der Waals surface area contributed by atoms with Gasteiger partial charge >= 0.3 is 0 Å². The SMILES string of the molecule is OCC1CCC(O)[C](O)C1O. The second kappa shape index (κ2) is 3.49. The van der Waals surface area contributed by atoms with Crippen LogP contribution in [0.15, 0.2) is 0 Å². The van der Waals surface area contributed by atoms with Crippen molar-refractivity contribution in [1.82, 2.24) is 0 Å². The van der Waals surface area contributed by atoms with Crippen molar-refractivity contribution in [3.63, 3.8) is 0 Å². The molecule has 0 aromatic carbocycles. The van der Waals surface area contributed by atoms with Crippen LogP contribution in [-0.2, 0) is 0 Å². The summed E-state index contributed by atoms with van der Waals surface area (Å²) < 4.78 is 0. The molecule has 11 heavy (non-hydrogen) atoms. The van der Waals surface area contributed by atoms with Gasteiger partial charge in [0.25, 0.3) is 0 Å². The molecule has 1 saturated carbocycles. The standard InChI is InChI=1S/C7H13O4/c8-3-4-1-2-5(9)7(11)6(4)10/h4-6,8-11H,1-3H2. The third-order valence-corrected chi connectivity index (χ3v) is 2.14. The highest BCUT2D eigenvalue weighted by molar-refractivity contribution is 5.00. The first-order valence-electron chi connectivity index (χ1n) is 3.69. The van der Waals surface area contributed by atoms with E-state index in [9.17, 15) is 5.11 Å². The molecule has 3 unspecified atom stereocenters. The quantitative estimate of drug-likeness (QED) is 0.398. The van der Waals surface area contributed by atoms with Crippen LogP contribution >= 0.6 is 0 Å². The van der Waals surface area contributed by atoms with Crippen LogP contribution in [0, 0.1) is 12.0 Å². The number of aliphatic hydroxyl groups excluding tert-OH is 4. The van der Waals surface area contributed by atoms with Gasteiger partial charge < -0.3 is 20.4 Å². The van der Waals surface area contributed by atoms with Gasteiger partial charge in [-0.2, -0.15) is 0 Å². The lowest BCUT2D eigenvalue weighted by Gasteiger charge is -2.33. The van der Waals surface area contributed by atoms with E-state index >= 15 is 0 Å². The van der Waals surface area contributed by atoms with Crippen LogP contribution in [0.25, 0.3) is 0 Å². The molecule has 4 N–H and O–H groups in total. The molecular formula is C7H13O4. The van der Waals surface area contributed by atoms with Gasteiger partial charge in [-0.05, 0) is 12.8 Å². The smallest absolute Gasteiger partial charge is 0.150 e. The molecule has 1 aliphatic rings. The van der Waals surface area contributed by atoms with Gasteiger partial charge in [0, 0.05) is 12.5 Å². The Bertz CT molecular complexity index is 126. The molecule has 1 fully saturated rings. The molecule has 0 bridgehead atoms. The third-order valence-electron chi connectivity index (χ3n) is 2.14. The molecule has 4 heteroatoms. The Morgan fingerprint density at radius 1 is 1.27 bits per heavy atom. The average molecular weight is 161 g/mol. The molecule has 0 amide bonds. The first-order chi connectivity index (χ1) is 5.16. The number of hydrogen-bond acceptors (Lipinski definition) is 4. The van der Waals surface area contributed by atoms with Gasteiger partial charge in [0.05, 0.1) is 12.2 Å². The summed E-state index contributed by atoms with van der Waals surface area (Å²) in [5, 5.41) is 36.0. The third kappa shape index (κ3) is 1.70. The lowest BCUT2D eigenvalue weighted by atomic mass is 9.83. The topological polar surface area (TPSA) is 80.9 Å². The van der Waals surface area contributed by atoms with E-state index in [4.69, 9.17) is 15.3 Å². The Kier molecular flexibility index (Phi) is 2.84. The van der Waals surface area contributed by atoms with Crippen LogP contribution < -0.4 is 0 Å². The Morgan fingerprint density at radius 2 is 1.91 bits per heavy atom. The maximum Gasteiger partial charge on any atom is 0.150 e. The van der Waals surface area contributed by atoms with Crippen LogP contribution in [0.2, 0.25) is 0 Å². The van der Waals surface area contributed by atoms with Crippen LogP contribution in [0.5, 0.6) is 0 Å². The summed E-state index contributed by atoms with van der Waals surface area (Å²) in [6.07, 6.45) is -1.34. The van der Waals surface area contributed by atoms with Gasteiger partial charge in [0.15, 0.2) is 6.10 Å². The van der Waals surface area contributed by atoms with E-state index in [1.54, 1.807) is 0 Å². The minimum atomic E-state index is -1.07. The van der Waals surface area contributed by atoms with Crippen LogP contribution in [0.3, 0.4) is 0 Å². The summed E-state index contributed by atoms with van der Waals surface area (Å²) in [5.74, 6) is -0.321. The van der Waals surface area contributed by atoms with Gasteiger partial charge in [-0.1, -0.05) is 0 Å². The van der Waals surface area contributed by atoms with E-state index in [0.29, 0.717) is 12.8 Å². The lowest BCUT2D eigenvalue weighted by molar-refractivity contribution is -0.0554.